The smallest absolute Gasteiger partial charge is 0.410 e. The highest BCUT2D eigenvalue weighted by molar-refractivity contribution is 6.01. The van der Waals surface area contributed by atoms with Crippen LogP contribution in [0.25, 0.3) is 0 Å². The zero-order valence-electron chi connectivity index (χ0n) is 14.2. The first-order chi connectivity index (χ1) is 11.2. The van der Waals surface area contributed by atoms with Gasteiger partial charge in [-0.05, 0) is 39.0 Å². The van der Waals surface area contributed by atoms with Gasteiger partial charge in [0.15, 0.2) is 5.60 Å². The molecule has 0 saturated carbocycles. The third kappa shape index (κ3) is 3.11. The minimum Gasteiger partial charge on any atom is -0.475 e. The summed E-state index contributed by atoms with van der Waals surface area (Å²) in [7, 11) is 0. The fourth-order valence-corrected chi connectivity index (χ4v) is 2.93. The van der Waals surface area contributed by atoms with Crippen LogP contribution in [0.5, 0.6) is 5.75 Å². The first-order valence-electron chi connectivity index (χ1n) is 8.06. The standard InChI is InChI=1S/C17H23N3O4/c1-16(2,3)24-15(22)20-8-6-17(7-9-20)14(21)19-12-10-11(18)4-5-13(12)23-17/h4-5,10H,6-9,18H2,1-3H3,(H,19,21). The molecule has 1 spiro atoms. The monoisotopic (exact) mass is 333 g/mol. The molecule has 0 bridgehead atoms. The Bertz CT molecular complexity index is 673. The summed E-state index contributed by atoms with van der Waals surface area (Å²) in [6.45, 7) is 6.31. The van der Waals surface area contributed by atoms with Crippen molar-refractivity contribution in [3.8, 4) is 5.75 Å². The van der Waals surface area contributed by atoms with Gasteiger partial charge >= 0.3 is 6.09 Å². The van der Waals surface area contributed by atoms with E-state index in [0.717, 1.165) is 0 Å². The Morgan fingerprint density at radius 2 is 2.00 bits per heavy atom. The number of benzene rings is 1. The van der Waals surface area contributed by atoms with Crippen molar-refractivity contribution < 1.29 is 19.1 Å². The molecule has 7 heteroatoms. The molecule has 1 aromatic rings. The highest BCUT2D eigenvalue weighted by Crippen LogP contribution is 2.39. The van der Waals surface area contributed by atoms with Crippen LogP contribution in [-0.4, -0.2) is 41.2 Å². The number of amides is 2. The molecule has 2 aliphatic heterocycles. The average molecular weight is 333 g/mol. The van der Waals surface area contributed by atoms with Gasteiger partial charge in [0.2, 0.25) is 0 Å². The summed E-state index contributed by atoms with van der Waals surface area (Å²) >= 11 is 0. The Hall–Kier alpha value is -2.44. The highest BCUT2D eigenvalue weighted by Gasteiger charge is 2.47. The number of nitrogen functional groups attached to an aromatic ring is 1. The number of carbonyl (C=O) groups is 2. The van der Waals surface area contributed by atoms with Crippen LogP contribution in [0.4, 0.5) is 16.2 Å². The molecule has 2 heterocycles. The molecule has 1 aromatic carbocycles. The number of carbonyl (C=O) groups excluding carboxylic acids is 2. The van der Waals surface area contributed by atoms with E-state index in [-0.39, 0.29) is 12.0 Å². The van der Waals surface area contributed by atoms with Crippen molar-refractivity contribution in [2.75, 3.05) is 24.1 Å². The lowest BCUT2D eigenvalue weighted by molar-refractivity contribution is -0.136. The number of nitrogens with one attached hydrogen (secondary N) is 1. The summed E-state index contributed by atoms with van der Waals surface area (Å²) in [5.74, 6) is 0.416. The van der Waals surface area contributed by atoms with Crippen LogP contribution in [0.2, 0.25) is 0 Å². The topological polar surface area (TPSA) is 93.9 Å². The zero-order chi connectivity index (χ0) is 17.5. The Labute approximate surface area is 141 Å². The van der Waals surface area contributed by atoms with Crippen molar-refractivity contribution in [3.63, 3.8) is 0 Å². The summed E-state index contributed by atoms with van der Waals surface area (Å²) in [4.78, 5) is 26.3. The number of fused-ring (bicyclic) bond motifs is 1. The van der Waals surface area contributed by atoms with Crippen LogP contribution in [0.1, 0.15) is 33.6 Å². The van der Waals surface area contributed by atoms with Gasteiger partial charge in [0.1, 0.15) is 11.4 Å². The predicted octanol–water partition coefficient (Wildman–Crippen LogP) is 2.37. The second-order valence-electron chi connectivity index (χ2n) is 7.27. The van der Waals surface area contributed by atoms with Gasteiger partial charge in [-0.1, -0.05) is 0 Å². The second kappa shape index (κ2) is 5.58. The first-order valence-corrected chi connectivity index (χ1v) is 8.06. The van der Waals surface area contributed by atoms with Crippen molar-refractivity contribution in [2.45, 2.75) is 44.8 Å². The minimum absolute atomic E-state index is 0.190. The third-order valence-corrected chi connectivity index (χ3v) is 4.19. The number of anilines is 2. The van der Waals surface area contributed by atoms with E-state index in [9.17, 15) is 9.59 Å². The Morgan fingerprint density at radius 1 is 1.33 bits per heavy atom. The molecule has 7 nitrogen and oxygen atoms in total. The molecule has 2 amide bonds. The molecule has 0 aliphatic carbocycles. The lowest BCUT2D eigenvalue weighted by Gasteiger charge is -2.43. The lowest BCUT2D eigenvalue weighted by atomic mass is 9.88. The average Bonchev–Trinajstić information content (AvgIpc) is 2.48. The van der Waals surface area contributed by atoms with Crippen molar-refractivity contribution in [1.29, 1.82) is 0 Å². The van der Waals surface area contributed by atoms with Gasteiger partial charge in [-0.15, -0.1) is 0 Å². The van der Waals surface area contributed by atoms with Gasteiger partial charge in [0.05, 0.1) is 5.69 Å². The van der Waals surface area contributed by atoms with Crippen LogP contribution >= 0.6 is 0 Å². The van der Waals surface area contributed by atoms with Crippen molar-refractivity contribution >= 4 is 23.4 Å². The van der Waals surface area contributed by atoms with Gasteiger partial charge in [-0.3, -0.25) is 4.79 Å². The molecule has 24 heavy (non-hydrogen) atoms. The molecule has 1 fully saturated rings. The number of nitrogens with two attached hydrogens (primary N) is 1. The Balaban J connectivity index is 1.70. The highest BCUT2D eigenvalue weighted by atomic mass is 16.6. The molecule has 0 unspecified atom stereocenters. The molecule has 1 saturated heterocycles. The zero-order valence-corrected chi connectivity index (χ0v) is 14.2. The fourth-order valence-electron chi connectivity index (χ4n) is 2.93. The molecule has 0 radical (unpaired) electrons. The number of ether oxygens (including phenoxy) is 2. The predicted molar refractivity (Wildman–Crippen MR) is 89.9 cm³/mol. The molecule has 2 aliphatic rings. The number of hydrogen-bond donors (Lipinski definition) is 2. The van der Waals surface area contributed by atoms with Crippen LogP contribution in [0.3, 0.4) is 0 Å². The van der Waals surface area contributed by atoms with Gasteiger partial charge in [-0.2, -0.15) is 0 Å². The molecule has 130 valence electrons. The molecular weight excluding hydrogens is 310 g/mol. The van der Waals surface area contributed by atoms with Gasteiger partial charge in [0, 0.05) is 31.6 Å². The maximum Gasteiger partial charge on any atom is 0.410 e. The number of rotatable bonds is 0. The SMILES string of the molecule is CC(C)(C)OC(=O)N1CCC2(CC1)Oc1ccc(N)cc1NC2=O. The number of likely N-dealkylation sites (tertiary alicyclic amines) is 1. The van der Waals surface area contributed by atoms with Crippen LogP contribution < -0.4 is 15.8 Å². The number of nitrogens with zero attached hydrogens (tertiary/aromatic N) is 1. The van der Waals surface area contributed by atoms with Gasteiger partial charge in [0.25, 0.3) is 5.91 Å². The van der Waals surface area contributed by atoms with E-state index < -0.39 is 11.2 Å². The Kier molecular flexibility index (Phi) is 3.81. The lowest BCUT2D eigenvalue weighted by Crippen LogP contribution is -2.58. The number of hydrogen-bond acceptors (Lipinski definition) is 5. The van der Waals surface area contributed by atoms with E-state index in [4.69, 9.17) is 15.2 Å². The van der Waals surface area contributed by atoms with E-state index in [1.807, 2.05) is 20.8 Å². The van der Waals surface area contributed by atoms with E-state index in [1.165, 1.54) is 0 Å². The summed E-state index contributed by atoms with van der Waals surface area (Å²) in [5, 5.41) is 2.86. The van der Waals surface area contributed by atoms with E-state index in [0.29, 0.717) is 43.1 Å². The molecule has 3 rings (SSSR count). The van der Waals surface area contributed by atoms with Gasteiger partial charge in [-0.25, -0.2) is 4.79 Å². The molecule has 3 N–H and O–H groups in total. The largest absolute Gasteiger partial charge is 0.475 e. The second-order valence-corrected chi connectivity index (χ2v) is 7.27. The number of piperidine rings is 1. The normalized spacial score (nSPS) is 19.3. The first kappa shape index (κ1) is 16.4. The van der Waals surface area contributed by atoms with Crippen molar-refractivity contribution in [1.82, 2.24) is 4.90 Å². The summed E-state index contributed by atoms with van der Waals surface area (Å²) < 4.78 is 11.4. The quantitative estimate of drug-likeness (QED) is 0.711. The van der Waals surface area contributed by atoms with Crippen molar-refractivity contribution in [2.24, 2.45) is 0 Å². The minimum atomic E-state index is -0.943. The van der Waals surface area contributed by atoms with Crippen LogP contribution in [0.15, 0.2) is 18.2 Å². The van der Waals surface area contributed by atoms with Crippen LogP contribution in [-0.2, 0) is 9.53 Å². The van der Waals surface area contributed by atoms with E-state index in [1.54, 1.807) is 23.1 Å². The maximum atomic E-state index is 12.5. The van der Waals surface area contributed by atoms with E-state index >= 15 is 0 Å². The maximum absolute atomic E-state index is 12.5. The summed E-state index contributed by atoms with van der Waals surface area (Å²) in [6, 6.07) is 5.17. The van der Waals surface area contributed by atoms with E-state index in [2.05, 4.69) is 5.32 Å². The summed E-state index contributed by atoms with van der Waals surface area (Å²) in [6.07, 6.45) is 0.478. The summed E-state index contributed by atoms with van der Waals surface area (Å²) in [5.41, 5.74) is 5.40. The Morgan fingerprint density at radius 3 is 2.62 bits per heavy atom. The fraction of sp³-hybridized carbons (Fsp3) is 0.529. The molecule has 0 aromatic heterocycles. The van der Waals surface area contributed by atoms with Crippen LogP contribution in [0, 0.1) is 0 Å². The van der Waals surface area contributed by atoms with Gasteiger partial charge < -0.3 is 25.4 Å². The third-order valence-electron chi connectivity index (χ3n) is 4.19. The molecular formula is C17H23N3O4. The van der Waals surface area contributed by atoms with Crippen molar-refractivity contribution in [3.05, 3.63) is 18.2 Å². The molecule has 0 atom stereocenters.